The highest BCUT2D eigenvalue weighted by Gasteiger charge is 2.20. The summed E-state index contributed by atoms with van der Waals surface area (Å²) in [6.45, 7) is 0. The van der Waals surface area contributed by atoms with Gasteiger partial charge in [-0.25, -0.2) is 4.39 Å². The molecule has 1 N–H and O–H groups in total. The monoisotopic (exact) mass is 451 g/mol. The highest BCUT2D eigenvalue weighted by atomic mass is 32.2. The second-order valence-corrected chi connectivity index (χ2v) is 9.03. The Morgan fingerprint density at radius 3 is 2.66 bits per heavy atom. The molecule has 0 bridgehead atoms. The number of hydrogen-bond acceptors (Lipinski definition) is 5. The Kier molecular flexibility index (Phi) is 5.42. The topological polar surface area (TPSA) is 81.3 Å². The molecule has 0 unspecified atom stereocenters. The largest absolute Gasteiger partial charge is 0.349 e. The van der Waals surface area contributed by atoms with Gasteiger partial charge in [-0.15, -0.1) is 10.2 Å². The minimum Gasteiger partial charge on any atom is -0.349 e. The summed E-state index contributed by atoms with van der Waals surface area (Å²) in [6, 6.07) is 11.6. The molecule has 0 spiro atoms. The van der Waals surface area contributed by atoms with Crippen molar-refractivity contribution in [2.75, 3.05) is 0 Å². The van der Waals surface area contributed by atoms with Crippen molar-refractivity contribution < 1.29 is 9.18 Å². The number of benzene rings is 2. The van der Waals surface area contributed by atoms with Crippen molar-refractivity contribution in [1.29, 1.82) is 0 Å². The second-order valence-electron chi connectivity index (χ2n) is 8.08. The lowest BCUT2D eigenvalue weighted by Gasteiger charge is -2.13. The van der Waals surface area contributed by atoms with Crippen LogP contribution in [0.1, 0.15) is 41.6 Å². The third-order valence-electron chi connectivity index (χ3n) is 5.92. The van der Waals surface area contributed by atoms with Crippen LogP contribution in [0, 0.1) is 5.82 Å². The molecule has 1 aliphatic rings. The Morgan fingerprint density at radius 2 is 1.91 bits per heavy atom. The van der Waals surface area contributed by atoms with E-state index >= 15 is 0 Å². The van der Waals surface area contributed by atoms with E-state index in [1.165, 1.54) is 28.5 Å². The zero-order valence-corrected chi connectivity index (χ0v) is 18.4. The zero-order valence-electron chi connectivity index (χ0n) is 17.5. The van der Waals surface area contributed by atoms with Crippen LogP contribution >= 0.6 is 11.8 Å². The maximum Gasteiger partial charge on any atom is 0.262 e. The molecule has 4 aromatic rings. The van der Waals surface area contributed by atoms with Gasteiger partial charge in [-0.3, -0.25) is 18.6 Å². The number of carbonyl (C=O) groups excluding carboxylic acids is 1. The maximum atomic E-state index is 13.2. The van der Waals surface area contributed by atoms with Crippen LogP contribution in [0.15, 0.2) is 52.4 Å². The molecule has 2 aromatic carbocycles. The molecule has 0 saturated heterocycles. The number of amides is 1. The number of fused-ring (bicyclic) bond motifs is 3. The SMILES string of the molecule is Cn1c(=O)c2ccc(C(=O)NC3CCCC3)cc2n2c(SCc3ccc(F)cc3)nnc12. The lowest BCUT2D eigenvalue weighted by Crippen LogP contribution is -2.32. The fourth-order valence-electron chi connectivity index (χ4n) is 4.16. The molecule has 1 aliphatic carbocycles. The number of nitrogens with zero attached hydrogens (tertiary/aromatic N) is 4. The quantitative estimate of drug-likeness (QED) is 0.468. The van der Waals surface area contributed by atoms with Gasteiger partial charge in [-0.05, 0) is 48.7 Å². The van der Waals surface area contributed by atoms with Crippen LogP contribution in [0.3, 0.4) is 0 Å². The molecule has 0 atom stereocenters. The van der Waals surface area contributed by atoms with Crippen LogP contribution in [0.5, 0.6) is 0 Å². The summed E-state index contributed by atoms with van der Waals surface area (Å²) in [5.41, 5.74) is 1.84. The Labute approximate surface area is 187 Å². The second kappa shape index (κ2) is 8.38. The van der Waals surface area contributed by atoms with Gasteiger partial charge in [0.25, 0.3) is 11.5 Å². The van der Waals surface area contributed by atoms with Crippen LogP contribution in [-0.4, -0.2) is 31.1 Å². The summed E-state index contributed by atoms with van der Waals surface area (Å²) in [4.78, 5) is 25.7. The first-order valence-corrected chi connectivity index (χ1v) is 11.6. The summed E-state index contributed by atoms with van der Waals surface area (Å²) < 4.78 is 16.5. The molecule has 0 aliphatic heterocycles. The Hall–Kier alpha value is -3.20. The fourth-order valence-corrected chi connectivity index (χ4v) is 5.06. The summed E-state index contributed by atoms with van der Waals surface area (Å²) >= 11 is 1.44. The predicted octanol–water partition coefficient (Wildman–Crippen LogP) is 3.69. The van der Waals surface area contributed by atoms with Crippen molar-refractivity contribution in [2.24, 2.45) is 7.05 Å². The smallest absolute Gasteiger partial charge is 0.262 e. The molecule has 1 amide bonds. The van der Waals surface area contributed by atoms with Crippen molar-refractivity contribution in [2.45, 2.75) is 42.6 Å². The van der Waals surface area contributed by atoms with Gasteiger partial charge >= 0.3 is 0 Å². The highest BCUT2D eigenvalue weighted by Crippen LogP contribution is 2.25. The predicted molar refractivity (Wildman–Crippen MR) is 121 cm³/mol. The van der Waals surface area contributed by atoms with Crippen molar-refractivity contribution in [3.05, 3.63) is 69.8 Å². The fraction of sp³-hybridized carbons (Fsp3) is 0.304. The normalized spacial score (nSPS) is 14.4. The van der Waals surface area contributed by atoms with Gasteiger partial charge in [-0.1, -0.05) is 36.7 Å². The van der Waals surface area contributed by atoms with Crippen molar-refractivity contribution >= 4 is 34.3 Å². The van der Waals surface area contributed by atoms with Gasteiger partial charge in [0.15, 0.2) is 5.16 Å². The first kappa shape index (κ1) is 20.7. The lowest BCUT2D eigenvalue weighted by atomic mass is 10.1. The minimum atomic E-state index is -0.281. The number of nitrogens with one attached hydrogen (secondary N) is 1. The molecule has 0 radical (unpaired) electrons. The standard InChI is InChI=1S/C23H22FN5O2S/c1-28-21(31)18-11-8-15(20(30)25-17-4-2-3-5-17)12-19(18)29-22(28)26-27-23(29)32-13-14-6-9-16(24)10-7-14/h6-12,17H,2-5,13H2,1H3,(H,25,30). The molecule has 2 aromatic heterocycles. The molecular formula is C23H22FN5O2S. The number of carbonyl (C=O) groups is 1. The van der Waals surface area contributed by atoms with Crippen LogP contribution < -0.4 is 10.9 Å². The van der Waals surface area contributed by atoms with E-state index in [2.05, 4.69) is 15.5 Å². The van der Waals surface area contributed by atoms with Gasteiger partial charge in [0.05, 0.1) is 10.9 Å². The molecule has 164 valence electrons. The third-order valence-corrected chi connectivity index (χ3v) is 6.92. The van der Waals surface area contributed by atoms with Crippen molar-refractivity contribution in [3.8, 4) is 0 Å². The zero-order chi connectivity index (χ0) is 22.2. The van der Waals surface area contributed by atoms with E-state index in [9.17, 15) is 14.0 Å². The first-order chi connectivity index (χ1) is 15.5. The summed E-state index contributed by atoms with van der Waals surface area (Å²) in [5.74, 6) is 0.544. The summed E-state index contributed by atoms with van der Waals surface area (Å²) in [5, 5.41) is 12.7. The van der Waals surface area contributed by atoms with E-state index in [-0.39, 0.29) is 23.3 Å². The van der Waals surface area contributed by atoms with Gasteiger partial charge < -0.3 is 5.32 Å². The summed E-state index contributed by atoms with van der Waals surface area (Å²) in [6.07, 6.45) is 4.27. The Morgan fingerprint density at radius 1 is 1.16 bits per heavy atom. The highest BCUT2D eigenvalue weighted by molar-refractivity contribution is 7.98. The molecule has 1 saturated carbocycles. The van der Waals surface area contributed by atoms with Gasteiger partial charge in [0, 0.05) is 24.4 Å². The molecule has 1 fully saturated rings. The first-order valence-electron chi connectivity index (χ1n) is 10.6. The molecule has 32 heavy (non-hydrogen) atoms. The number of hydrogen-bond donors (Lipinski definition) is 1. The number of aromatic nitrogens is 4. The van der Waals surface area contributed by atoms with Gasteiger partial charge in [0.1, 0.15) is 5.82 Å². The van der Waals surface area contributed by atoms with Crippen LogP contribution in [0.25, 0.3) is 16.7 Å². The molecule has 9 heteroatoms. The Bertz CT molecular complexity index is 1370. The van der Waals surface area contributed by atoms with Crippen LogP contribution in [-0.2, 0) is 12.8 Å². The van der Waals surface area contributed by atoms with Crippen LogP contribution in [0.4, 0.5) is 4.39 Å². The molecular weight excluding hydrogens is 429 g/mol. The number of halogens is 1. The number of thioether (sulfide) groups is 1. The van der Waals surface area contributed by atoms with E-state index in [0.29, 0.717) is 33.2 Å². The van der Waals surface area contributed by atoms with E-state index in [1.807, 2.05) is 0 Å². The van der Waals surface area contributed by atoms with E-state index in [4.69, 9.17) is 0 Å². The molecule has 5 rings (SSSR count). The minimum absolute atomic E-state index is 0.138. The van der Waals surface area contributed by atoms with E-state index < -0.39 is 0 Å². The van der Waals surface area contributed by atoms with Crippen molar-refractivity contribution in [1.82, 2.24) is 24.5 Å². The average Bonchev–Trinajstić information content (AvgIpc) is 3.47. The van der Waals surface area contributed by atoms with Crippen molar-refractivity contribution in [3.63, 3.8) is 0 Å². The van der Waals surface area contributed by atoms with E-state index in [0.717, 1.165) is 31.2 Å². The molecule has 7 nitrogen and oxygen atoms in total. The van der Waals surface area contributed by atoms with Gasteiger partial charge in [0.2, 0.25) is 5.78 Å². The average molecular weight is 452 g/mol. The van der Waals surface area contributed by atoms with E-state index in [1.54, 1.807) is 41.8 Å². The number of aryl methyl sites for hydroxylation is 1. The maximum absolute atomic E-state index is 13.2. The Balaban J connectivity index is 1.55. The van der Waals surface area contributed by atoms with Crippen LogP contribution in [0.2, 0.25) is 0 Å². The third kappa shape index (κ3) is 3.77. The molecule has 2 heterocycles. The lowest BCUT2D eigenvalue weighted by molar-refractivity contribution is 0.0938. The van der Waals surface area contributed by atoms with Gasteiger partial charge in [-0.2, -0.15) is 0 Å². The number of rotatable bonds is 5. The summed E-state index contributed by atoms with van der Waals surface area (Å²) in [7, 11) is 1.65.